The lowest BCUT2D eigenvalue weighted by Gasteiger charge is -2.20. The van der Waals surface area contributed by atoms with Crippen molar-refractivity contribution in [2.45, 2.75) is 18.3 Å². The van der Waals surface area contributed by atoms with Crippen LogP contribution in [0.5, 0.6) is 0 Å². The summed E-state index contributed by atoms with van der Waals surface area (Å²) in [5.41, 5.74) is 3.42. The van der Waals surface area contributed by atoms with Crippen LogP contribution >= 0.6 is 0 Å². The van der Waals surface area contributed by atoms with Gasteiger partial charge in [-0.1, -0.05) is 54.6 Å². The number of nitriles is 1. The van der Waals surface area contributed by atoms with E-state index in [0.717, 1.165) is 18.4 Å². The monoisotopic (exact) mass is 219 g/mol. The summed E-state index contributed by atoms with van der Waals surface area (Å²) in [5, 5.41) is 9.59. The summed E-state index contributed by atoms with van der Waals surface area (Å²) in [6.07, 6.45) is 1.67. The third-order valence-electron chi connectivity index (χ3n) is 3.64. The number of benzene rings is 2. The van der Waals surface area contributed by atoms with Gasteiger partial charge in [-0.2, -0.15) is 5.26 Å². The van der Waals surface area contributed by atoms with Crippen molar-refractivity contribution in [1.29, 1.82) is 5.26 Å². The van der Waals surface area contributed by atoms with E-state index in [1.165, 1.54) is 11.1 Å². The second kappa shape index (κ2) is 3.75. The summed E-state index contributed by atoms with van der Waals surface area (Å²) in [7, 11) is 0. The molecular formula is C16H13N. The number of fused-ring (bicyclic) bond motifs is 1. The van der Waals surface area contributed by atoms with Crippen molar-refractivity contribution in [3.8, 4) is 6.07 Å². The van der Waals surface area contributed by atoms with E-state index in [2.05, 4.69) is 42.5 Å². The largest absolute Gasteiger partial charge is 0.197 e. The molecule has 1 aliphatic rings. The predicted octanol–water partition coefficient (Wildman–Crippen LogP) is 3.25. The molecule has 0 aliphatic heterocycles. The third-order valence-corrected chi connectivity index (χ3v) is 3.64. The molecule has 0 saturated heterocycles. The van der Waals surface area contributed by atoms with Crippen LogP contribution < -0.4 is 0 Å². The molecule has 1 aliphatic carbocycles. The Bertz CT molecular complexity index is 553. The van der Waals surface area contributed by atoms with Gasteiger partial charge in [0.05, 0.1) is 11.5 Å². The first-order valence-corrected chi connectivity index (χ1v) is 5.88. The fourth-order valence-corrected chi connectivity index (χ4v) is 2.72. The summed E-state index contributed by atoms with van der Waals surface area (Å²) >= 11 is 0. The van der Waals surface area contributed by atoms with E-state index >= 15 is 0 Å². The van der Waals surface area contributed by atoms with Gasteiger partial charge in [0.1, 0.15) is 0 Å². The van der Waals surface area contributed by atoms with Gasteiger partial charge in [-0.25, -0.2) is 0 Å². The molecule has 2 aromatic carbocycles. The van der Waals surface area contributed by atoms with Gasteiger partial charge in [0.2, 0.25) is 0 Å². The number of nitrogens with zero attached hydrogens (tertiary/aromatic N) is 1. The second-order valence-corrected chi connectivity index (χ2v) is 4.68. The molecule has 82 valence electrons. The number of hydrogen-bond donors (Lipinski definition) is 0. The Hall–Kier alpha value is -2.07. The summed E-state index contributed by atoms with van der Waals surface area (Å²) in [4.78, 5) is 0. The minimum absolute atomic E-state index is 0.356. The molecule has 1 nitrogen and oxygen atoms in total. The second-order valence-electron chi connectivity index (χ2n) is 4.68. The van der Waals surface area contributed by atoms with E-state index in [-0.39, 0.29) is 5.41 Å². The minimum Gasteiger partial charge on any atom is -0.197 e. The van der Waals surface area contributed by atoms with Crippen molar-refractivity contribution in [2.75, 3.05) is 0 Å². The lowest BCUT2D eigenvalue weighted by atomic mass is 9.79. The highest BCUT2D eigenvalue weighted by molar-refractivity contribution is 5.46. The summed E-state index contributed by atoms with van der Waals surface area (Å²) < 4.78 is 0. The lowest BCUT2D eigenvalue weighted by Crippen LogP contribution is -2.24. The molecule has 0 fully saturated rings. The van der Waals surface area contributed by atoms with Crippen LogP contribution in [-0.2, 0) is 18.3 Å². The van der Waals surface area contributed by atoms with Crippen LogP contribution in [0.15, 0.2) is 54.6 Å². The topological polar surface area (TPSA) is 23.8 Å². The molecule has 1 heteroatoms. The van der Waals surface area contributed by atoms with Crippen molar-refractivity contribution in [2.24, 2.45) is 0 Å². The Labute approximate surface area is 101 Å². The predicted molar refractivity (Wildman–Crippen MR) is 67.6 cm³/mol. The molecule has 17 heavy (non-hydrogen) atoms. The van der Waals surface area contributed by atoms with Gasteiger partial charge in [-0.3, -0.25) is 0 Å². The smallest absolute Gasteiger partial charge is 0.0902 e. The van der Waals surface area contributed by atoms with Gasteiger partial charge < -0.3 is 0 Å². The third kappa shape index (κ3) is 1.54. The highest BCUT2D eigenvalue weighted by atomic mass is 14.4. The molecular weight excluding hydrogens is 206 g/mol. The van der Waals surface area contributed by atoms with Gasteiger partial charge >= 0.3 is 0 Å². The van der Waals surface area contributed by atoms with Crippen LogP contribution in [0, 0.1) is 11.3 Å². The zero-order chi connectivity index (χ0) is 11.7. The molecule has 0 saturated carbocycles. The minimum atomic E-state index is -0.356. The zero-order valence-electron chi connectivity index (χ0n) is 9.56. The van der Waals surface area contributed by atoms with Gasteiger partial charge in [0, 0.05) is 0 Å². The molecule has 3 rings (SSSR count). The zero-order valence-corrected chi connectivity index (χ0v) is 9.56. The Kier molecular flexibility index (Phi) is 2.23. The van der Waals surface area contributed by atoms with Gasteiger partial charge in [-0.05, 0) is 29.5 Å². The fraction of sp³-hybridized carbons (Fsp3) is 0.188. The van der Waals surface area contributed by atoms with Crippen LogP contribution in [0.1, 0.15) is 16.7 Å². The Morgan fingerprint density at radius 1 is 0.824 bits per heavy atom. The molecule has 0 spiro atoms. The van der Waals surface area contributed by atoms with Crippen molar-refractivity contribution in [3.05, 3.63) is 71.3 Å². The van der Waals surface area contributed by atoms with E-state index in [1.807, 2.05) is 18.2 Å². The first-order chi connectivity index (χ1) is 8.34. The number of hydrogen-bond acceptors (Lipinski definition) is 1. The maximum atomic E-state index is 9.59. The average molecular weight is 219 g/mol. The maximum absolute atomic E-state index is 9.59. The van der Waals surface area contributed by atoms with Gasteiger partial charge in [0.15, 0.2) is 0 Å². The first-order valence-electron chi connectivity index (χ1n) is 5.88. The SMILES string of the molecule is N#CC1(c2ccccc2)Cc2ccccc2C1. The Balaban J connectivity index is 2.08. The fourth-order valence-electron chi connectivity index (χ4n) is 2.72. The van der Waals surface area contributed by atoms with E-state index in [9.17, 15) is 5.26 Å². The first kappa shape index (κ1) is 10.1. The van der Waals surface area contributed by atoms with E-state index in [4.69, 9.17) is 0 Å². The van der Waals surface area contributed by atoms with Crippen LogP contribution in [0.2, 0.25) is 0 Å². The molecule has 0 bridgehead atoms. The highest BCUT2D eigenvalue weighted by Crippen LogP contribution is 2.39. The Morgan fingerprint density at radius 3 is 1.88 bits per heavy atom. The van der Waals surface area contributed by atoms with Crippen LogP contribution in [0.3, 0.4) is 0 Å². The molecule has 0 amide bonds. The quantitative estimate of drug-likeness (QED) is 0.722. The molecule has 0 aromatic heterocycles. The summed E-state index contributed by atoms with van der Waals surface area (Å²) in [6, 6.07) is 21.1. The van der Waals surface area contributed by atoms with Crippen molar-refractivity contribution in [1.82, 2.24) is 0 Å². The number of rotatable bonds is 1. The van der Waals surface area contributed by atoms with Crippen molar-refractivity contribution >= 4 is 0 Å². The summed E-state index contributed by atoms with van der Waals surface area (Å²) in [5.74, 6) is 0. The molecule has 0 heterocycles. The van der Waals surface area contributed by atoms with Crippen molar-refractivity contribution in [3.63, 3.8) is 0 Å². The molecule has 0 N–H and O–H groups in total. The maximum Gasteiger partial charge on any atom is 0.0902 e. The highest BCUT2D eigenvalue weighted by Gasteiger charge is 2.38. The van der Waals surface area contributed by atoms with E-state index in [0.29, 0.717) is 0 Å². The van der Waals surface area contributed by atoms with E-state index < -0.39 is 0 Å². The lowest BCUT2D eigenvalue weighted by molar-refractivity contribution is 0.587. The van der Waals surface area contributed by atoms with Crippen LogP contribution in [-0.4, -0.2) is 0 Å². The molecule has 0 atom stereocenters. The van der Waals surface area contributed by atoms with Crippen molar-refractivity contribution < 1.29 is 0 Å². The van der Waals surface area contributed by atoms with Gasteiger partial charge in [-0.15, -0.1) is 0 Å². The standard InChI is InChI=1S/C16H13N/c17-12-16(15-8-2-1-3-9-15)10-13-6-4-5-7-14(13)11-16/h1-9H,10-11H2. The van der Waals surface area contributed by atoms with Crippen LogP contribution in [0.4, 0.5) is 0 Å². The Morgan fingerprint density at radius 2 is 1.35 bits per heavy atom. The average Bonchev–Trinajstić information content (AvgIpc) is 2.79. The molecule has 0 radical (unpaired) electrons. The summed E-state index contributed by atoms with van der Waals surface area (Å²) in [6.45, 7) is 0. The normalized spacial score (nSPS) is 16.2. The molecule has 0 unspecified atom stereocenters. The van der Waals surface area contributed by atoms with Crippen LogP contribution in [0.25, 0.3) is 0 Å². The van der Waals surface area contributed by atoms with E-state index in [1.54, 1.807) is 0 Å². The van der Waals surface area contributed by atoms with Gasteiger partial charge in [0.25, 0.3) is 0 Å². The molecule has 2 aromatic rings.